The molecule has 0 unspecified atom stereocenters. The van der Waals surface area contributed by atoms with Crippen molar-refractivity contribution in [3.8, 4) is 11.8 Å². The first-order valence-corrected chi connectivity index (χ1v) is 6.84. The molecule has 0 saturated heterocycles. The second-order valence-corrected chi connectivity index (χ2v) is 5.20. The molecule has 2 rings (SSSR count). The van der Waals surface area contributed by atoms with Crippen LogP contribution >= 0.6 is 22.6 Å². The van der Waals surface area contributed by atoms with Crippen LogP contribution in [0.15, 0.2) is 42.5 Å². The lowest BCUT2D eigenvalue weighted by Gasteiger charge is -2.08. The Balaban J connectivity index is 2.00. The predicted molar refractivity (Wildman–Crippen MR) is 79.5 cm³/mol. The smallest absolute Gasteiger partial charge is 0.144 e. The first-order valence-electron chi connectivity index (χ1n) is 5.76. The molecular weight excluding hydrogens is 356 g/mol. The average molecular weight is 367 g/mol. The highest BCUT2D eigenvalue weighted by Crippen LogP contribution is 2.20. The van der Waals surface area contributed by atoms with Gasteiger partial charge in [0.05, 0.1) is 6.61 Å². The van der Waals surface area contributed by atoms with Crippen LogP contribution in [0.3, 0.4) is 0 Å². The van der Waals surface area contributed by atoms with Crippen molar-refractivity contribution in [1.82, 2.24) is 0 Å². The van der Waals surface area contributed by atoms with Gasteiger partial charge in [0.2, 0.25) is 0 Å². The molecule has 4 heteroatoms. The SMILES string of the molecule is N#Cc1c(F)cccc1OCCc1cccc(I)c1. The normalized spacial score (nSPS) is 9.95. The molecule has 0 saturated carbocycles. The van der Waals surface area contributed by atoms with Gasteiger partial charge in [0.25, 0.3) is 0 Å². The van der Waals surface area contributed by atoms with Gasteiger partial charge in [0.15, 0.2) is 0 Å². The summed E-state index contributed by atoms with van der Waals surface area (Å²) in [5.41, 5.74) is 1.12. The highest BCUT2D eigenvalue weighted by molar-refractivity contribution is 14.1. The molecule has 0 atom stereocenters. The van der Waals surface area contributed by atoms with Crippen LogP contribution < -0.4 is 4.74 Å². The van der Waals surface area contributed by atoms with Crippen LogP contribution in [0.2, 0.25) is 0 Å². The summed E-state index contributed by atoms with van der Waals surface area (Å²) in [7, 11) is 0. The van der Waals surface area contributed by atoms with Gasteiger partial charge in [-0.1, -0.05) is 18.2 Å². The number of hydrogen-bond acceptors (Lipinski definition) is 2. The van der Waals surface area contributed by atoms with Crippen molar-refractivity contribution in [2.75, 3.05) is 6.61 Å². The van der Waals surface area contributed by atoms with E-state index in [2.05, 4.69) is 28.7 Å². The molecule has 2 aromatic carbocycles. The fourth-order valence-electron chi connectivity index (χ4n) is 1.70. The van der Waals surface area contributed by atoms with E-state index in [0.29, 0.717) is 12.4 Å². The van der Waals surface area contributed by atoms with Crippen molar-refractivity contribution in [3.63, 3.8) is 0 Å². The lowest BCUT2D eigenvalue weighted by atomic mass is 10.1. The molecule has 0 radical (unpaired) electrons. The lowest BCUT2D eigenvalue weighted by Crippen LogP contribution is -2.03. The Hall–Kier alpha value is -1.61. The van der Waals surface area contributed by atoms with Gasteiger partial charge in [-0.15, -0.1) is 0 Å². The van der Waals surface area contributed by atoms with Crippen molar-refractivity contribution in [3.05, 3.63) is 63.0 Å². The maximum Gasteiger partial charge on any atom is 0.144 e. The molecule has 96 valence electrons. The van der Waals surface area contributed by atoms with E-state index in [0.717, 1.165) is 12.0 Å². The second kappa shape index (κ2) is 6.53. The molecule has 0 aliphatic heterocycles. The molecule has 0 heterocycles. The van der Waals surface area contributed by atoms with Gasteiger partial charge in [-0.3, -0.25) is 0 Å². The molecular formula is C15H11FINO. The van der Waals surface area contributed by atoms with Crippen LogP contribution in [-0.4, -0.2) is 6.61 Å². The molecule has 0 bridgehead atoms. The van der Waals surface area contributed by atoms with E-state index in [1.54, 1.807) is 6.07 Å². The van der Waals surface area contributed by atoms with E-state index >= 15 is 0 Å². The van der Waals surface area contributed by atoms with Crippen molar-refractivity contribution >= 4 is 22.6 Å². The summed E-state index contributed by atoms with van der Waals surface area (Å²) >= 11 is 2.25. The van der Waals surface area contributed by atoms with Gasteiger partial charge < -0.3 is 4.74 Å². The first kappa shape index (κ1) is 13.8. The maximum atomic E-state index is 13.4. The summed E-state index contributed by atoms with van der Waals surface area (Å²) in [5.74, 6) is -0.248. The average Bonchev–Trinajstić information content (AvgIpc) is 2.39. The Morgan fingerprint density at radius 1 is 1.21 bits per heavy atom. The summed E-state index contributed by atoms with van der Waals surface area (Å²) in [4.78, 5) is 0. The lowest BCUT2D eigenvalue weighted by molar-refractivity contribution is 0.319. The Morgan fingerprint density at radius 2 is 2.00 bits per heavy atom. The minimum absolute atomic E-state index is 0.0369. The van der Waals surface area contributed by atoms with Gasteiger partial charge in [0, 0.05) is 9.99 Å². The van der Waals surface area contributed by atoms with Crippen LogP contribution in [0.5, 0.6) is 5.75 Å². The second-order valence-electron chi connectivity index (χ2n) is 3.95. The number of halogens is 2. The highest BCUT2D eigenvalue weighted by atomic mass is 127. The predicted octanol–water partition coefficient (Wildman–Crippen LogP) is 3.92. The van der Waals surface area contributed by atoms with E-state index < -0.39 is 5.82 Å². The summed E-state index contributed by atoms with van der Waals surface area (Å²) in [6, 6.07) is 14.3. The largest absolute Gasteiger partial charge is 0.492 e. The number of nitrogens with zero attached hydrogens (tertiary/aromatic N) is 1. The van der Waals surface area contributed by atoms with E-state index in [4.69, 9.17) is 10.00 Å². The minimum Gasteiger partial charge on any atom is -0.492 e. The van der Waals surface area contributed by atoms with E-state index in [-0.39, 0.29) is 5.56 Å². The van der Waals surface area contributed by atoms with Crippen LogP contribution in [-0.2, 0) is 6.42 Å². The third-order valence-electron chi connectivity index (χ3n) is 2.62. The Morgan fingerprint density at radius 3 is 2.74 bits per heavy atom. The first-order chi connectivity index (χ1) is 9.20. The molecule has 2 nitrogen and oxygen atoms in total. The minimum atomic E-state index is -0.547. The zero-order valence-electron chi connectivity index (χ0n) is 10.1. The summed E-state index contributed by atoms with van der Waals surface area (Å²) < 4.78 is 20.0. The number of ether oxygens (including phenoxy) is 1. The molecule has 0 amide bonds. The number of benzene rings is 2. The van der Waals surface area contributed by atoms with E-state index in [1.165, 1.54) is 15.7 Å². The van der Waals surface area contributed by atoms with Crippen molar-refractivity contribution in [2.45, 2.75) is 6.42 Å². The summed E-state index contributed by atoms with van der Waals surface area (Å²) in [5, 5.41) is 8.88. The summed E-state index contributed by atoms with van der Waals surface area (Å²) in [6.45, 7) is 0.415. The summed E-state index contributed by atoms with van der Waals surface area (Å²) in [6.07, 6.45) is 0.720. The zero-order chi connectivity index (χ0) is 13.7. The van der Waals surface area contributed by atoms with Crippen LogP contribution in [0, 0.1) is 20.7 Å². The van der Waals surface area contributed by atoms with Gasteiger partial charge in [-0.2, -0.15) is 5.26 Å². The number of rotatable bonds is 4. The van der Waals surface area contributed by atoms with E-state index in [9.17, 15) is 4.39 Å². The molecule has 19 heavy (non-hydrogen) atoms. The molecule has 0 aliphatic rings. The maximum absolute atomic E-state index is 13.4. The van der Waals surface area contributed by atoms with Gasteiger partial charge >= 0.3 is 0 Å². The van der Waals surface area contributed by atoms with Crippen LogP contribution in [0.25, 0.3) is 0 Å². The zero-order valence-corrected chi connectivity index (χ0v) is 12.2. The van der Waals surface area contributed by atoms with E-state index in [1.807, 2.05) is 24.3 Å². The molecule has 2 aromatic rings. The Labute approximate surface area is 125 Å². The standard InChI is InChI=1S/C15H11FINO/c16-14-5-2-6-15(13(14)10-18)19-8-7-11-3-1-4-12(17)9-11/h1-6,9H,7-8H2. The third-order valence-corrected chi connectivity index (χ3v) is 3.30. The number of hydrogen-bond donors (Lipinski definition) is 0. The van der Waals surface area contributed by atoms with Gasteiger partial charge in [0.1, 0.15) is 23.2 Å². The highest BCUT2D eigenvalue weighted by Gasteiger charge is 2.08. The van der Waals surface area contributed by atoms with Crippen molar-refractivity contribution in [1.29, 1.82) is 5.26 Å². The molecule has 0 aromatic heterocycles. The number of nitriles is 1. The Bertz CT molecular complexity index is 622. The van der Waals surface area contributed by atoms with Crippen molar-refractivity contribution in [2.24, 2.45) is 0 Å². The van der Waals surface area contributed by atoms with Crippen LogP contribution in [0.1, 0.15) is 11.1 Å². The van der Waals surface area contributed by atoms with Crippen molar-refractivity contribution < 1.29 is 9.13 Å². The fraction of sp³-hybridized carbons (Fsp3) is 0.133. The Kier molecular flexibility index (Phi) is 4.74. The van der Waals surface area contributed by atoms with Gasteiger partial charge in [-0.05, 0) is 52.4 Å². The molecule has 0 aliphatic carbocycles. The monoisotopic (exact) mass is 367 g/mol. The molecule has 0 spiro atoms. The quantitative estimate of drug-likeness (QED) is 0.768. The topological polar surface area (TPSA) is 33.0 Å². The fourth-order valence-corrected chi connectivity index (χ4v) is 2.31. The molecule has 0 fully saturated rings. The van der Waals surface area contributed by atoms with Gasteiger partial charge in [-0.25, -0.2) is 4.39 Å². The third kappa shape index (κ3) is 3.67. The molecule has 0 N–H and O–H groups in total. The van der Waals surface area contributed by atoms with Crippen LogP contribution in [0.4, 0.5) is 4.39 Å².